The van der Waals surface area contributed by atoms with E-state index in [0.717, 1.165) is 23.1 Å². The highest BCUT2D eigenvalue weighted by Crippen LogP contribution is 2.37. The molecule has 1 N–H and O–H groups in total. The zero-order valence-electron chi connectivity index (χ0n) is 21.2. The summed E-state index contributed by atoms with van der Waals surface area (Å²) in [6.45, 7) is 2.58. The minimum Gasteiger partial charge on any atom is -0.480 e. The van der Waals surface area contributed by atoms with E-state index in [9.17, 15) is 26.7 Å². The quantitative estimate of drug-likeness (QED) is 0.454. The molecular formula is C25H27F5N6O2. The minimum atomic E-state index is -4.71. The van der Waals surface area contributed by atoms with Gasteiger partial charge in [0.1, 0.15) is 5.56 Å². The molecule has 1 aliphatic rings. The first-order chi connectivity index (χ1) is 17.8. The molecule has 0 spiro atoms. The molecule has 2 atom stereocenters. The van der Waals surface area contributed by atoms with Gasteiger partial charge < -0.3 is 15.0 Å². The van der Waals surface area contributed by atoms with Gasteiger partial charge in [-0.15, -0.1) is 0 Å². The monoisotopic (exact) mass is 538 g/mol. The van der Waals surface area contributed by atoms with E-state index in [4.69, 9.17) is 4.74 Å². The summed E-state index contributed by atoms with van der Waals surface area (Å²) < 4.78 is 75.0. The molecular weight excluding hydrogens is 511 g/mol. The zero-order valence-corrected chi connectivity index (χ0v) is 21.2. The molecule has 1 saturated heterocycles. The molecule has 1 amide bonds. The Hall–Kier alpha value is -3.77. The molecule has 8 nitrogen and oxygen atoms in total. The van der Waals surface area contributed by atoms with Crippen LogP contribution >= 0.6 is 0 Å². The SMILES string of the molecule is COc1nc(NC[C@@H]2[C@H](C)CC(F)(F)CN2C(=O)c2nn(C)cc2-c2cccc(C)c2)ncc1C(F)(F)F. The number of likely N-dealkylation sites (tertiary alicyclic amines) is 1. The number of hydrogen-bond donors (Lipinski definition) is 1. The van der Waals surface area contributed by atoms with E-state index >= 15 is 0 Å². The van der Waals surface area contributed by atoms with Crippen LogP contribution in [0.25, 0.3) is 11.1 Å². The van der Waals surface area contributed by atoms with Crippen LogP contribution in [0.5, 0.6) is 5.88 Å². The topological polar surface area (TPSA) is 85.2 Å². The predicted molar refractivity (Wildman–Crippen MR) is 129 cm³/mol. The number of hydrogen-bond acceptors (Lipinski definition) is 6. The Morgan fingerprint density at radius 3 is 2.68 bits per heavy atom. The standard InChI is InChI=1S/C25H27F5N6O2/c1-14-6-5-7-16(8-14)17-12-35(3)34-20(17)22(37)36-13-24(26,27)9-15(2)19(36)11-32-23-31-10-18(25(28,29)30)21(33-23)38-4/h5-8,10,12,15,19H,9,11,13H2,1-4H3,(H,31,32,33)/t15-,19-/m1/s1. The number of alkyl halides is 5. The summed E-state index contributed by atoms with van der Waals surface area (Å²) in [5, 5.41) is 7.07. The summed E-state index contributed by atoms with van der Waals surface area (Å²) in [7, 11) is 2.68. The van der Waals surface area contributed by atoms with E-state index in [-0.39, 0.29) is 18.2 Å². The van der Waals surface area contributed by atoms with E-state index in [1.165, 1.54) is 4.68 Å². The number of aryl methyl sites for hydroxylation is 2. The Labute approximate surface area is 215 Å². The van der Waals surface area contributed by atoms with Gasteiger partial charge in [-0.2, -0.15) is 23.3 Å². The fraction of sp³-hybridized carbons (Fsp3) is 0.440. The number of halogens is 5. The lowest BCUT2D eigenvalue weighted by molar-refractivity contribution is -0.139. The van der Waals surface area contributed by atoms with Gasteiger partial charge in [-0.25, -0.2) is 13.8 Å². The number of nitrogens with zero attached hydrogens (tertiary/aromatic N) is 5. The van der Waals surface area contributed by atoms with E-state index in [1.807, 2.05) is 31.2 Å². The lowest BCUT2D eigenvalue weighted by Gasteiger charge is -2.43. The maximum absolute atomic E-state index is 14.7. The summed E-state index contributed by atoms with van der Waals surface area (Å²) in [5.41, 5.74) is 1.06. The maximum atomic E-state index is 14.7. The van der Waals surface area contributed by atoms with Crippen molar-refractivity contribution >= 4 is 11.9 Å². The van der Waals surface area contributed by atoms with Gasteiger partial charge in [0.2, 0.25) is 11.8 Å². The van der Waals surface area contributed by atoms with Gasteiger partial charge in [0, 0.05) is 38.0 Å². The summed E-state index contributed by atoms with van der Waals surface area (Å²) >= 11 is 0. The third kappa shape index (κ3) is 5.70. The minimum absolute atomic E-state index is 0.0282. The number of piperidine rings is 1. The van der Waals surface area contributed by atoms with Crippen LogP contribution in [0, 0.1) is 12.8 Å². The van der Waals surface area contributed by atoms with Gasteiger partial charge in [0.05, 0.1) is 19.7 Å². The van der Waals surface area contributed by atoms with Crippen molar-refractivity contribution in [3.05, 3.63) is 53.5 Å². The summed E-state index contributed by atoms with van der Waals surface area (Å²) in [6.07, 6.45) is -2.94. The Kier molecular flexibility index (Phi) is 7.31. The highest BCUT2D eigenvalue weighted by atomic mass is 19.4. The van der Waals surface area contributed by atoms with Crippen LogP contribution < -0.4 is 10.1 Å². The molecule has 0 saturated carbocycles. The average molecular weight is 539 g/mol. The third-order valence-corrected chi connectivity index (χ3v) is 6.42. The number of carbonyl (C=O) groups excluding carboxylic acids is 1. The lowest BCUT2D eigenvalue weighted by atomic mass is 9.88. The van der Waals surface area contributed by atoms with Crippen molar-refractivity contribution in [1.82, 2.24) is 24.6 Å². The number of ether oxygens (including phenoxy) is 1. The summed E-state index contributed by atoms with van der Waals surface area (Å²) in [6, 6.07) is 6.66. The molecule has 0 bridgehead atoms. The fourth-order valence-corrected chi connectivity index (χ4v) is 4.68. The van der Waals surface area contributed by atoms with Crippen molar-refractivity contribution in [2.75, 3.05) is 25.5 Å². The van der Waals surface area contributed by atoms with Crippen LogP contribution in [-0.2, 0) is 13.2 Å². The van der Waals surface area contributed by atoms with Gasteiger partial charge in [0.15, 0.2) is 5.69 Å². The number of rotatable bonds is 6. The Morgan fingerprint density at radius 1 is 1.29 bits per heavy atom. The highest BCUT2D eigenvalue weighted by molar-refractivity contribution is 5.99. The number of methoxy groups -OCH3 is 1. The zero-order chi connectivity index (χ0) is 27.8. The molecule has 3 aromatic rings. The number of nitrogens with one attached hydrogen (secondary N) is 1. The third-order valence-electron chi connectivity index (χ3n) is 6.42. The van der Waals surface area contributed by atoms with E-state index in [1.54, 1.807) is 20.2 Å². The first-order valence-corrected chi connectivity index (χ1v) is 11.8. The van der Waals surface area contributed by atoms with Crippen molar-refractivity contribution < 1.29 is 31.5 Å². The normalized spacial score (nSPS) is 19.3. The number of aromatic nitrogens is 4. The van der Waals surface area contributed by atoms with Gasteiger partial charge in [-0.1, -0.05) is 36.8 Å². The van der Waals surface area contributed by atoms with Crippen molar-refractivity contribution in [3.8, 4) is 17.0 Å². The van der Waals surface area contributed by atoms with E-state index < -0.39 is 54.4 Å². The molecule has 0 radical (unpaired) electrons. The van der Waals surface area contributed by atoms with Gasteiger partial charge in [0.25, 0.3) is 11.8 Å². The highest BCUT2D eigenvalue weighted by Gasteiger charge is 2.47. The predicted octanol–water partition coefficient (Wildman–Crippen LogP) is 4.81. The van der Waals surface area contributed by atoms with Crippen LogP contribution in [0.3, 0.4) is 0 Å². The van der Waals surface area contributed by atoms with Crippen molar-refractivity contribution in [2.24, 2.45) is 13.0 Å². The molecule has 1 aromatic carbocycles. The van der Waals surface area contributed by atoms with Crippen molar-refractivity contribution in [1.29, 1.82) is 0 Å². The summed E-state index contributed by atoms with van der Waals surface area (Å²) in [4.78, 5) is 22.2. The Morgan fingerprint density at radius 2 is 2.03 bits per heavy atom. The molecule has 0 aliphatic carbocycles. The van der Waals surface area contributed by atoms with Crippen LogP contribution in [-0.4, -0.2) is 62.7 Å². The molecule has 13 heteroatoms. The average Bonchev–Trinajstić information content (AvgIpc) is 3.23. The van der Waals surface area contributed by atoms with E-state index in [2.05, 4.69) is 20.4 Å². The molecule has 0 unspecified atom stereocenters. The first-order valence-electron chi connectivity index (χ1n) is 11.8. The van der Waals surface area contributed by atoms with Crippen LogP contribution in [0.2, 0.25) is 0 Å². The molecule has 204 valence electrons. The second-order valence-corrected chi connectivity index (χ2v) is 9.47. The fourth-order valence-electron chi connectivity index (χ4n) is 4.68. The van der Waals surface area contributed by atoms with Gasteiger partial charge >= 0.3 is 6.18 Å². The van der Waals surface area contributed by atoms with Gasteiger partial charge in [-0.3, -0.25) is 9.48 Å². The number of benzene rings is 1. The van der Waals surface area contributed by atoms with Crippen molar-refractivity contribution in [2.45, 2.75) is 38.4 Å². The second-order valence-electron chi connectivity index (χ2n) is 9.47. The molecule has 1 aliphatic heterocycles. The molecule has 3 heterocycles. The number of carbonyl (C=O) groups is 1. The number of amides is 1. The second kappa shape index (κ2) is 10.2. The molecule has 4 rings (SSSR count). The Bertz CT molecular complexity index is 1330. The molecule has 2 aromatic heterocycles. The largest absolute Gasteiger partial charge is 0.480 e. The lowest BCUT2D eigenvalue weighted by Crippen LogP contribution is -2.57. The van der Waals surface area contributed by atoms with E-state index in [0.29, 0.717) is 11.8 Å². The van der Waals surface area contributed by atoms with Crippen LogP contribution in [0.4, 0.5) is 27.9 Å². The maximum Gasteiger partial charge on any atom is 0.423 e. The smallest absolute Gasteiger partial charge is 0.423 e. The summed E-state index contributed by atoms with van der Waals surface area (Å²) in [5.74, 6) is -5.32. The van der Waals surface area contributed by atoms with Gasteiger partial charge in [-0.05, 0) is 18.4 Å². The molecule has 38 heavy (non-hydrogen) atoms. The first kappa shape index (κ1) is 27.3. The number of anilines is 1. The Balaban J connectivity index is 1.63. The van der Waals surface area contributed by atoms with Crippen LogP contribution in [0.15, 0.2) is 36.7 Å². The molecule has 1 fully saturated rings. The van der Waals surface area contributed by atoms with Crippen molar-refractivity contribution in [3.63, 3.8) is 0 Å². The van der Waals surface area contributed by atoms with Crippen LogP contribution in [0.1, 0.15) is 35.0 Å².